The summed E-state index contributed by atoms with van der Waals surface area (Å²) in [5.41, 5.74) is 13.2. The van der Waals surface area contributed by atoms with Gasteiger partial charge in [-0.3, -0.25) is 10.8 Å². The lowest BCUT2D eigenvalue weighted by atomic mass is 11.1. The average molecular weight is 119 g/mol. The maximum absolute atomic E-state index is 7.42. The van der Waals surface area contributed by atoms with Crippen LogP contribution in [0.15, 0.2) is 0 Å². The van der Waals surface area contributed by atoms with Crippen LogP contribution in [0.2, 0.25) is 0 Å². The fourth-order valence-electron chi connectivity index (χ4n) is 0. The van der Waals surface area contributed by atoms with Crippen molar-refractivity contribution in [2.75, 3.05) is 0 Å². The van der Waals surface area contributed by atoms with Crippen molar-refractivity contribution in [2.24, 2.45) is 17.2 Å². The summed E-state index contributed by atoms with van der Waals surface area (Å²) in [5, 5.41) is 19.3. The van der Waals surface area contributed by atoms with E-state index in [1.807, 2.05) is 0 Å². The Morgan fingerprint density at radius 1 is 1.12 bits per heavy atom. The number of aliphatic hydroxyl groups excluding tert-OH is 1. The van der Waals surface area contributed by atoms with Crippen LogP contribution >= 0.6 is 0 Å². The van der Waals surface area contributed by atoms with Crippen LogP contribution in [0.3, 0.4) is 0 Å². The van der Waals surface area contributed by atoms with Crippen molar-refractivity contribution in [1.29, 1.82) is 10.8 Å². The summed E-state index contributed by atoms with van der Waals surface area (Å²) in [7, 11) is 0. The van der Waals surface area contributed by atoms with E-state index < -0.39 is 6.02 Å². The molecule has 8 heavy (non-hydrogen) atoms. The Kier molecular flexibility index (Phi) is 6.74. The Bertz CT molecular complexity index is 68.4. The van der Waals surface area contributed by atoms with E-state index in [9.17, 15) is 0 Å². The summed E-state index contributed by atoms with van der Waals surface area (Å²) in [4.78, 5) is 0. The summed E-state index contributed by atoms with van der Waals surface area (Å²) in [6, 6.07) is -0.833. The first-order valence-corrected chi connectivity index (χ1v) is 1.59. The SMILES string of the molecule is N=C(N)N.N=C(N)O. The minimum atomic E-state index is -0.833. The number of hydrogen-bond donors (Lipinski definition) is 6. The standard InChI is InChI=1S/CH5N3.CH4N2O/c2*2-1(3)4/h(H5,2,3,4);(H4,2,3,4). The molecule has 0 rings (SSSR count). The molecule has 0 saturated carbocycles. The fourth-order valence-corrected chi connectivity index (χ4v) is 0. The molecule has 0 radical (unpaired) electrons. The van der Waals surface area contributed by atoms with Crippen LogP contribution in [-0.4, -0.2) is 17.1 Å². The third kappa shape index (κ3) is 26.7. The fraction of sp³-hybridized carbons (Fsp3) is 0. The lowest BCUT2D eigenvalue weighted by Crippen LogP contribution is -2.20. The van der Waals surface area contributed by atoms with E-state index in [0.29, 0.717) is 0 Å². The smallest absolute Gasteiger partial charge is 0.276 e. The van der Waals surface area contributed by atoms with Crippen molar-refractivity contribution >= 4 is 12.0 Å². The molecule has 0 spiro atoms. The van der Waals surface area contributed by atoms with Crippen LogP contribution in [0.25, 0.3) is 0 Å². The molecule has 0 aromatic heterocycles. The minimum Gasteiger partial charge on any atom is -0.481 e. The van der Waals surface area contributed by atoms with E-state index >= 15 is 0 Å². The molecule has 0 aliphatic rings. The van der Waals surface area contributed by atoms with Crippen LogP contribution in [0, 0.1) is 10.8 Å². The number of amidine groups is 1. The second-order valence-electron chi connectivity index (χ2n) is 0.841. The van der Waals surface area contributed by atoms with Gasteiger partial charge in [0, 0.05) is 0 Å². The van der Waals surface area contributed by atoms with Crippen LogP contribution in [-0.2, 0) is 0 Å². The highest BCUT2D eigenvalue weighted by atomic mass is 16.3. The molecular formula is C2H9N5O. The molecule has 0 saturated heterocycles. The molecule has 0 aliphatic heterocycles. The number of rotatable bonds is 0. The topological polar surface area (TPSA) is 146 Å². The molecule has 0 bridgehead atoms. The molecule has 48 valence electrons. The van der Waals surface area contributed by atoms with Crippen LogP contribution in [0.1, 0.15) is 0 Å². The molecule has 9 N–H and O–H groups in total. The van der Waals surface area contributed by atoms with Crippen LogP contribution < -0.4 is 17.2 Å². The van der Waals surface area contributed by atoms with Gasteiger partial charge in [0.25, 0.3) is 6.02 Å². The van der Waals surface area contributed by atoms with Gasteiger partial charge in [-0.15, -0.1) is 0 Å². The van der Waals surface area contributed by atoms with Gasteiger partial charge in [0.15, 0.2) is 5.96 Å². The van der Waals surface area contributed by atoms with E-state index in [2.05, 4.69) is 17.2 Å². The second-order valence-corrected chi connectivity index (χ2v) is 0.841. The van der Waals surface area contributed by atoms with Crippen molar-refractivity contribution in [3.8, 4) is 0 Å². The number of aliphatic hydroxyl groups is 1. The quantitative estimate of drug-likeness (QED) is 0.166. The normalized spacial score (nSPS) is 6.00. The molecule has 0 atom stereocenters. The van der Waals surface area contributed by atoms with Crippen molar-refractivity contribution in [1.82, 2.24) is 0 Å². The van der Waals surface area contributed by atoms with E-state index in [1.54, 1.807) is 0 Å². The Morgan fingerprint density at radius 3 is 1.12 bits per heavy atom. The lowest BCUT2D eigenvalue weighted by Gasteiger charge is -1.69. The van der Waals surface area contributed by atoms with E-state index in [1.165, 1.54) is 0 Å². The zero-order valence-electron chi connectivity index (χ0n) is 4.18. The predicted molar refractivity (Wildman–Crippen MR) is 30.6 cm³/mol. The summed E-state index contributed by atoms with van der Waals surface area (Å²) in [6.07, 6.45) is 0. The summed E-state index contributed by atoms with van der Waals surface area (Å²) >= 11 is 0. The number of hydrogen-bond acceptors (Lipinski definition) is 2. The molecule has 0 aliphatic carbocycles. The van der Waals surface area contributed by atoms with Gasteiger partial charge in [-0.25, -0.2) is 0 Å². The summed E-state index contributed by atoms with van der Waals surface area (Å²) in [5.74, 6) is -0.333. The Labute approximate surface area is 46.3 Å². The molecule has 0 fully saturated rings. The van der Waals surface area contributed by atoms with Crippen molar-refractivity contribution < 1.29 is 5.11 Å². The first-order valence-electron chi connectivity index (χ1n) is 1.59. The van der Waals surface area contributed by atoms with Crippen LogP contribution in [0.4, 0.5) is 0 Å². The summed E-state index contributed by atoms with van der Waals surface area (Å²) in [6.45, 7) is 0. The third-order valence-electron chi connectivity index (χ3n) is 0. The van der Waals surface area contributed by atoms with Gasteiger partial charge < -0.3 is 22.3 Å². The van der Waals surface area contributed by atoms with Crippen molar-refractivity contribution in [2.45, 2.75) is 0 Å². The number of nitrogens with one attached hydrogen (secondary N) is 2. The predicted octanol–water partition coefficient (Wildman–Crippen LogP) is -1.72. The maximum Gasteiger partial charge on any atom is 0.276 e. The first-order chi connectivity index (χ1) is 3.46. The number of nitrogens with two attached hydrogens (primary N) is 3. The Morgan fingerprint density at radius 2 is 1.12 bits per heavy atom. The van der Waals surface area contributed by atoms with Gasteiger partial charge in [-0.05, 0) is 0 Å². The molecule has 6 nitrogen and oxygen atoms in total. The molecular weight excluding hydrogens is 110 g/mol. The monoisotopic (exact) mass is 119 g/mol. The molecule has 6 heteroatoms. The third-order valence-corrected chi connectivity index (χ3v) is 0. The second kappa shape index (κ2) is 5.54. The highest BCUT2D eigenvalue weighted by molar-refractivity contribution is 5.71. The molecule has 0 unspecified atom stereocenters. The highest BCUT2D eigenvalue weighted by Crippen LogP contribution is 1.25. The average Bonchev–Trinajstić information content (AvgIpc) is 1.25. The Hall–Kier alpha value is -1.46. The minimum absolute atomic E-state index is 0.333. The molecule has 0 aromatic rings. The largest absolute Gasteiger partial charge is 0.481 e. The molecule has 0 aromatic carbocycles. The zero-order valence-corrected chi connectivity index (χ0v) is 4.18. The zero-order chi connectivity index (χ0) is 7.15. The Balaban J connectivity index is 0. The van der Waals surface area contributed by atoms with Crippen LogP contribution in [0.5, 0.6) is 0 Å². The van der Waals surface area contributed by atoms with Gasteiger partial charge in [0.2, 0.25) is 0 Å². The molecule has 0 heterocycles. The highest BCUT2D eigenvalue weighted by Gasteiger charge is 1.56. The molecule has 0 amide bonds. The van der Waals surface area contributed by atoms with Gasteiger partial charge >= 0.3 is 0 Å². The van der Waals surface area contributed by atoms with Gasteiger partial charge in [0.1, 0.15) is 0 Å². The van der Waals surface area contributed by atoms with E-state index in [-0.39, 0.29) is 5.96 Å². The summed E-state index contributed by atoms with van der Waals surface area (Å²) < 4.78 is 0. The van der Waals surface area contributed by atoms with Gasteiger partial charge in [-0.2, -0.15) is 0 Å². The van der Waals surface area contributed by atoms with Crippen molar-refractivity contribution in [3.05, 3.63) is 0 Å². The number of guanidine groups is 1. The lowest BCUT2D eigenvalue weighted by molar-refractivity contribution is 0.537. The van der Waals surface area contributed by atoms with E-state index in [0.717, 1.165) is 0 Å². The van der Waals surface area contributed by atoms with E-state index in [4.69, 9.17) is 15.9 Å². The maximum atomic E-state index is 7.42. The van der Waals surface area contributed by atoms with Crippen molar-refractivity contribution in [3.63, 3.8) is 0 Å². The van der Waals surface area contributed by atoms with Gasteiger partial charge in [0.05, 0.1) is 0 Å². The van der Waals surface area contributed by atoms with Gasteiger partial charge in [-0.1, -0.05) is 0 Å². The first kappa shape index (κ1) is 9.74.